The first kappa shape index (κ1) is 13.9. The highest BCUT2D eigenvalue weighted by Gasteiger charge is 2.40. The number of carbonyl (C=O) groups is 2. The minimum Gasteiger partial charge on any atom is -0.480 e. The summed E-state index contributed by atoms with van der Waals surface area (Å²) in [5.41, 5.74) is -1.01. The van der Waals surface area contributed by atoms with Crippen molar-refractivity contribution < 1.29 is 19.1 Å². The molecule has 104 valence electrons. The summed E-state index contributed by atoms with van der Waals surface area (Å²) in [6.45, 7) is 0. The molecule has 1 heterocycles. The lowest BCUT2D eigenvalue weighted by Gasteiger charge is -2.29. The van der Waals surface area contributed by atoms with Crippen molar-refractivity contribution in [1.29, 1.82) is 0 Å². The van der Waals surface area contributed by atoms with Crippen molar-refractivity contribution in [2.24, 2.45) is 0 Å². The first-order valence-corrected chi connectivity index (χ1v) is 6.72. The highest BCUT2D eigenvalue weighted by Crippen LogP contribution is 2.28. The molecule has 0 atom stereocenters. The Labute approximate surface area is 115 Å². The Balaban J connectivity index is 2.19. The number of aliphatic carboxylic acids is 1. The van der Waals surface area contributed by atoms with E-state index in [1.807, 2.05) is 0 Å². The predicted molar refractivity (Wildman–Crippen MR) is 69.3 cm³/mol. The van der Waals surface area contributed by atoms with E-state index in [1.165, 1.54) is 12.3 Å². The molecular weight excluding hydrogens is 270 g/mol. The van der Waals surface area contributed by atoms with E-state index in [1.54, 1.807) is 0 Å². The SMILES string of the molecule is O=C(NC1(C(=O)O)CCCCCC1)c1ccoc1Cl. The number of furan rings is 1. The molecule has 0 spiro atoms. The average Bonchev–Trinajstić information content (AvgIpc) is 2.64. The Morgan fingerprint density at radius 3 is 2.37 bits per heavy atom. The zero-order chi connectivity index (χ0) is 13.9. The topological polar surface area (TPSA) is 79.5 Å². The maximum atomic E-state index is 12.1. The molecular formula is C13H16ClNO4. The number of amides is 1. The van der Waals surface area contributed by atoms with Crippen molar-refractivity contribution >= 4 is 23.5 Å². The van der Waals surface area contributed by atoms with E-state index in [0.29, 0.717) is 12.8 Å². The fraction of sp³-hybridized carbons (Fsp3) is 0.538. The summed E-state index contributed by atoms with van der Waals surface area (Å²) in [4.78, 5) is 23.6. The predicted octanol–water partition coefficient (Wildman–Crippen LogP) is 2.84. The van der Waals surface area contributed by atoms with E-state index < -0.39 is 17.4 Å². The van der Waals surface area contributed by atoms with Gasteiger partial charge in [0.2, 0.25) is 5.22 Å². The van der Waals surface area contributed by atoms with Crippen LogP contribution in [0.5, 0.6) is 0 Å². The van der Waals surface area contributed by atoms with Crippen molar-refractivity contribution in [2.75, 3.05) is 0 Å². The van der Waals surface area contributed by atoms with Crippen LogP contribution < -0.4 is 5.32 Å². The van der Waals surface area contributed by atoms with E-state index in [2.05, 4.69) is 5.32 Å². The molecule has 2 N–H and O–H groups in total. The maximum absolute atomic E-state index is 12.1. The van der Waals surface area contributed by atoms with E-state index in [9.17, 15) is 14.7 Å². The first-order chi connectivity index (χ1) is 9.05. The molecule has 6 heteroatoms. The van der Waals surface area contributed by atoms with Crippen LogP contribution in [0.25, 0.3) is 0 Å². The van der Waals surface area contributed by atoms with Crippen LogP contribution in [0, 0.1) is 0 Å². The summed E-state index contributed by atoms with van der Waals surface area (Å²) in [7, 11) is 0. The number of halogens is 1. The zero-order valence-corrected chi connectivity index (χ0v) is 11.2. The van der Waals surface area contributed by atoms with Gasteiger partial charge in [0.05, 0.1) is 11.8 Å². The van der Waals surface area contributed by atoms with Gasteiger partial charge in [-0.3, -0.25) is 4.79 Å². The lowest BCUT2D eigenvalue weighted by atomic mass is 9.90. The van der Waals surface area contributed by atoms with Gasteiger partial charge in [0.15, 0.2) is 0 Å². The number of carboxylic acids is 1. The van der Waals surface area contributed by atoms with Gasteiger partial charge < -0.3 is 14.8 Å². The molecule has 1 aromatic heterocycles. The summed E-state index contributed by atoms with van der Waals surface area (Å²) in [5.74, 6) is -1.48. The third-order valence-electron chi connectivity index (χ3n) is 3.58. The lowest BCUT2D eigenvalue weighted by molar-refractivity contribution is -0.145. The third-order valence-corrected chi connectivity index (χ3v) is 3.87. The quantitative estimate of drug-likeness (QED) is 0.837. The Morgan fingerprint density at radius 2 is 1.89 bits per heavy atom. The minimum atomic E-state index is -1.19. The summed E-state index contributed by atoms with van der Waals surface area (Å²) < 4.78 is 4.85. The van der Waals surface area contributed by atoms with Crippen LogP contribution >= 0.6 is 11.6 Å². The van der Waals surface area contributed by atoms with Crippen molar-refractivity contribution in [2.45, 2.75) is 44.1 Å². The van der Waals surface area contributed by atoms with Crippen LogP contribution in [0.2, 0.25) is 5.22 Å². The van der Waals surface area contributed by atoms with Crippen molar-refractivity contribution in [3.05, 3.63) is 23.1 Å². The van der Waals surface area contributed by atoms with Gasteiger partial charge in [-0.15, -0.1) is 0 Å². The molecule has 2 rings (SSSR count). The second kappa shape index (κ2) is 5.65. The lowest BCUT2D eigenvalue weighted by Crippen LogP contribution is -2.54. The number of carboxylic acid groups (broad SMARTS) is 1. The van der Waals surface area contributed by atoms with Crippen LogP contribution in [0.4, 0.5) is 0 Å². The molecule has 0 saturated heterocycles. The van der Waals surface area contributed by atoms with Crippen molar-refractivity contribution in [3.63, 3.8) is 0 Å². The van der Waals surface area contributed by atoms with Crippen LogP contribution in [-0.2, 0) is 4.79 Å². The molecule has 1 aliphatic carbocycles. The molecule has 0 unspecified atom stereocenters. The molecule has 5 nitrogen and oxygen atoms in total. The van der Waals surface area contributed by atoms with Gasteiger partial charge in [0.1, 0.15) is 5.54 Å². The highest BCUT2D eigenvalue weighted by atomic mass is 35.5. The highest BCUT2D eigenvalue weighted by molar-refractivity contribution is 6.32. The fourth-order valence-corrected chi connectivity index (χ4v) is 2.67. The largest absolute Gasteiger partial charge is 0.480 e. The Hall–Kier alpha value is -1.49. The minimum absolute atomic E-state index is 0.0216. The zero-order valence-electron chi connectivity index (χ0n) is 10.4. The number of rotatable bonds is 3. The Kier molecular flexibility index (Phi) is 4.14. The summed E-state index contributed by atoms with van der Waals surface area (Å²) in [6, 6.07) is 1.43. The van der Waals surface area contributed by atoms with Crippen LogP contribution in [0.1, 0.15) is 48.9 Å². The molecule has 0 radical (unpaired) electrons. The summed E-state index contributed by atoms with van der Waals surface area (Å²) in [6.07, 6.45) is 5.79. The Bertz CT molecular complexity index is 475. The first-order valence-electron chi connectivity index (χ1n) is 6.34. The second-order valence-corrected chi connectivity index (χ2v) is 5.21. The smallest absolute Gasteiger partial charge is 0.329 e. The van der Waals surface area contributed by atoms with Crippen molar-refractivity contribution in [1.82, 2.24) is 5.32 Å². The Morgan fingerprint density at radius 1 is 1.26 bits per heavy atom. The van der Waals surface area contributed by atoms with Crippen LogP contribution in [-0.4, -0.2) is 22.5 Å². The van der Waals surface area contributed by atoms with Crippen LogP contribution in [0.3, 0.4) is 0 Å². The third kappa shape index (κ3) is 2.92. The van der Waals surface area contributed by atoms with E-state index >= 15 is 0 Å². The van der Waals surface area contributed by atoms with Gasteiger partial charge >= 0.3 is 5.97 Å². The van der Waals surface area contributed by atoms with Gasteiger partial charge in [-0.25, -0.2) is 4.79 Å². The number of hydrogen-bond donors (Lipinski definition) is 2. The normalized spacial score (nSPS) is 18.6. The molecule has 1 amide bonds. The monoisotopic (exact) mass is 285 g/mol. The van der Waals surface area contributed by atoms with Gasteiger partial charge in [-0.2, -0.15) is 0 Å². The van der Waals surface area contributed by atoms with Crippen molar-refractivity contribution in [3.8, 4) is 0 Å². The molecule has 19 heavy (non-hydrogen) atoms. The summed E-state index contributed by atoms with van der Waals surface area (Å²) >= 11 is 5.73. The molecule has 0 bridgehead atoms. The fourth-order valence-electron chi connectivity index (χ4n) is 2.46. The molecule has 1 aliphatic rings. The molecule has 1 saturated carbocycles. The van der Waals surface area contributed by atoms with E-state index in [4.69, 9.17) is 16.0 Å². The molecule has 0 aromatic carbocycles. The van der Waals surface area contributed by atoms with Gasteiger partial charge in [0.25, 0.3) is 5.91 Å². The number of nitrogens with one attached hydrogen (secondary N) is 1. The maximum Gasteiger partial charge on any atom is 0.329 e. The molecule has 1 fully saturated rings. The average molecular weight is 286 g/mol. The second-order valence-electron chi connectivity index (χ2n) is 4.86. The standard InChI is InChI=1S/C13H16ClNO4/c14-10-9(5-8-19-10)11(16)15-13(12(17)18)6-3-1-2-4-7-13/h5,8H,1-4,6-7H2,(H,15,16)(H,17,18). The molecule has 1 aromatic rings. The summed E-state index contributed by atoms with van der Waals surface area (Å²) in [5, 5.41) is 12.1. The number of carbonyl (C=O) groups excluding carboxylic acids is 1. The van der Waals surface area contributed by atoms with Gasteiger partial charge in [0, 0.05) is 0 Å². The van der Waals surface area contributed by atoms with Gasteiger partial charge in [-0.1, -0.05) is 25.7 Å². The number of hydrogen-bond acceptors (Lipinski definition) is 3. The van der Waals surface area contributed by atoms with Gasteiger partial charge in [-0.05, 0) is 30.5 Å². The van der Waals surface area contributed by atoms with Crippen LogP contribution in [0.15, 0.2) is 16.7 Å². The molecule has 0 aliphatic heterocycles. The van der Waals surface area contributed by atoms with E-state index in [-0.39, 0.29) is 10.8 Å². The van der Waals surface area contributed by atoms with E-state index in [0.717, 1.165) is 25.7 Å².